The van der Waals surface area contributed by atoms with Gasteiger partial charge in [-0.25, -0.2) is 4.79 Å². The monoisotopic (exact) mass is 205 g/mol. The molecule has 14 heavy (non-hydrogen) atoms. The van der Waals surface area contributed by atoms with Crippen LogP contribution in [0.4, 0.5) is 4.79 Å². The van der Waals surface area contributed by atoms with Gasteiger partial charge in [-0.2, -0.15) is 0 Å². The van der Waals surface area contributed by atoms with Crippen molar-refractivity contribution in [3.63, 3.8) is 0 Å². The second-order valence-corrected chi connectivity index (χ2v) is 3.27. The topological polar surface area (TPSA) is 108 Å². The molecule has 7 nitrogen and oxygen atoms in total. The van der Waals surface area contributed by atoms with E-state index in [4.69, 9.17) is 9.84 Å². The number of aliphatic hydroxyl groups is 3. The number of alkyl carbamates (subject to hydrolysis) is 1. The van der Waals surface area contributed by atoms with E-state index in [2.05, 4.69) is 10.1 Å². The van der Waals surface area contributed by atoms with Gasteiger partial charge < -0.3 is 24.8 Å². The highest BCUT2D eigenvalue weighted by atomic mass is 16.6. The fourth-order valence-electron chi connectivity index (χ4n) is 1.61. The van der Waals surface area contributed by atoms with Crippen molar-refractivity contribution in [1.82, 2.24) is 5.32 Å². The molecule has 0 aromatic carbocycles. The minimum Gasteiger partial charge on any atom is -0.438 e. The van der Waals surface area contributed by atoms with Gasteiger partial charge in [0.25, 0.3) is 0 Å². The number of carbonyl (C=O) groups excluding carboxylic acids is 1. The fourth-order valence-corrected chi connectivity index (χ4v) is 1.61. The Morgan fingerprint density at radius 1 is 1.36 bits per heavy atom. The van der Waals surface area contributed by atoms with Crippen LogP contribution in [-0.4, -0.2) is 58.7 Å². The van der Waals surface area contributed by atoms with E-state index in [9.17, 15) is 15.0 Å². The molecule has 2 aliphatic rings. The number of ether oxygens (including phenoxy) is 2. The van der Waals surface area contributed by atoms with E-state index < -0.39 is 43.3 Å². The largest absolute Gasteiger partial charge is 0.438 e. The van der Waals surface area contributed by atoms with Crippen molar-refractivity contribution in [3.05, 3.63) is 0 Å². The number of fused-ring (bicyclic) bond motifs is 1. The average molecular weight is 205 g/mol. The van der Waals surface area contributed by atoms with Crippen LogP contribution < -0.4 is 5.32 Å². The van der Waals surface area contributed by atoms with Crippen molar-refractivity contribution in [1.29, 1.82) is 0 Å². The molecule has 4 N–H and O–H groups in total. The molecule has 2 aliphatic heterocycles. The first-order chi connectivity index (χ1) is 6.63. The quantitative estimate of drug-likeness (QED) is 0.378. The SMILES string of the molecule is O=C1N[C@@H]2O[C@H](CO)[C@H](O)[C@@H](O)[C@@H]2O1. The number of amides is 1. The zero-order valence-corrected chi connectivity index (χ0v) is 7.16. The van der Waals surface area contributed by atoms with Crippen molar-refractivity contribution >= 4 is 6.09 Å². The minimum atomic E-state index is -1.26. The van der Waals surface area contributed by atoms with Gasteiger partial charge in [0, 0.05) is 0 Å². The van der Waals surface area contributed by atoms with Gasteiger partial charge in [0.1, 0.15) is 18.3 Å². The number of aliphatic hydroxyl groups excluding tert-OH is 3. The van der Waals surface area contributed by atoms with Gasteiger partial charge in [0.15, 0.2) is 12.3 Å². The molecule has 2 fully saturated rings. The second kappa shape index (κ2) is 3.35. The lowest BCUT2D eigenvalue weighted by atomic mass is 9.99. The molecule has 0 aromatic heterocycles. The molecule has 0 bridgehead atoms. The third-order valence-electron chi connectivity index (χ3n) is 2.37. The van der Waals surface area contributed by atoms with Crippen molar-refractivity contribution in [2.24, 2.45) is 0 Å². The number of hydrogen-bond donors (Lipinski definition) is 4. The molecule has 0 radical (unpaired) electrons. The van der Waals surface area contributed by atoms with Crippen molar-refractivity contribution in [2.75, 3.05) is 6.61 Å². The van der Waals surface area contributed by atoms with E-state index in [0.29, 0.717) is 0 Å². The smallest absolute Gasteiger partial charge is 0.409 e. The van der Waals surface area contributed by atoms with Crippen LogP contribution in [-0.2, 0) is 9.47 Å². The van der Waals surface area contributed by atoms with Crippen LogP contribution >= 0.6 is 0 Å². The van der Waals surface area contributed by atoms with E-state index in [1.807, 2.05) is 0 Å². The van der Waals surface area contributed by atoms with Crippen molar-refractivity contribution in [3.8, 4) is 0 Å². The number of rotatable bonds is 1. The van der Waals surface area contributed by atoms with E-state index >= 15 is 0 Å². The fraction of sp³-hybridized carbons (Fsp3) is 0.857. The summed E-state index contributed by atoms with van der Waals surface area (Å²) in [6.07, 6.45) is -5.84. The van der Waals surface area contributed by atoms with E-state index in [-0.39, 0.29) is 0 Å². The summed E-state index contributed by atoms with van der Waals surface area (Å²) in [6, 6.07) is 0. The first-order valence-electron chi connectivity index (χ1n) is 4.23. The molecule has 2 saturated heterocycles. The van der Waals surface area contributed by atoms with Gasteiger partial charge in [0.2, 0.25) is 0 Å². The van der Waals surface area contributed by atoms with Crippen LogP contribution in [0.5, 0.6) is 0 Å². The highest BCUT2D eigenvalue weighted by molar-refractivity contribution is 5.70. The Morgan fingerprint density at radius 2 is 2.07 bits per heavy atom. The van der Waals surface area contributed by atoms with Crippen LogP contribution in [0.1, 0.15) is 0 Å². The number of carbonyl (C=O) groups is 1. The summed E-state index contributed by atoms with van der Waals surface area (Å²) in [7, 11) is 0. The van der Waals surface area contributed by atoms with Crippen molar-refractivity contribution < 1.29 is 29.6 Å². The Bertz CT molecular complexity index is 246. The predicted octanol–water partition coefficient (Wildman–Crippen LogP) is -2.47. The molecule has 2 rings (SSSR count). The number of hydrogen-bond acceptors (Lipinski definition) is 6. The highest BCUT2D eigenvalue weighted by Gasteiger charge is 2.50. The zero-order chi connectivity index (χ0) is 10.3. The summed E-state index contributed by atoms with van der Waals surface area (Å²) >= 11 is 0. The van der Waals surface area contributed by atoms with Crippen LogP contribution in [0.25, 0.3) is 0 Å². The predicted molar refractivity (Wildman–Crippen MR) is 41.2 cm³/mol. The van der Waals surface area contributed by atoms with Gasteiger partial charge >= 0.3 is 6.09 Å². The molecule has 0 spiro atoms. The van der Waals surface area contributed by atoms with E-state index in [1.54, 1.807) is 0 Å². The lowest BCUT2D eigenvalue weighted by molar-refractivity contribution is -0.215. The summed E-state index contributed by atoms with van der Waals surface area (Å²) in [5, 5.41) is 30.0. The summed E-state index contributed by atoms with van der Waals surface area (Å²) in [4.78, 5) is 10.8. The molecule has 0 saturated carbocycles. The van der Waals surface area contributed by atoms with Gasteiger partial charge in [-0.3, -0.25) is 5.32 Å². The third kappa shape index (κ3) is 1.34. The maximum absolute atomic E-state index is 10.8. The van der Waals surface area contributed by atoms with Gasteiger partial charge in [-0.1, -0.05) is 0 Å². The van der Waals surface area contributed by atoms with Crippen LogP contribution in [0.15, 0.2) is 0 Å². The lowest BCUT2D eigenvalue weighted by Gasteiger charge is -2.36. The zero-order valence-electron chi connectivity index (χ0n) is 7.16. The summed E-state index contributed by atoms with van der Waals surface area (Å²) < 4.78 is 9.77. The molecule has 0 aliphatic carbocycles. The maximum Gasteiger partial charge on any atom is 0.409 e. The Kier molecular flexibility index (Phi) is 2.31. The average Bonchev–Trinajstić information content (AvgIpc) is 2.52. The molecule has 0 unspecified atom stereocenters. The molecule has 0 aromatic rings. The Balaban J connectivity index is 2.13. The molecule has 1 amide bonds. The first-order valence-corrected chi connectivity index (χ1v) is 4.23. The highest BCUT2D eigenvalue weighted by Crippen LogP contribution is 2.25. The Labute approximate surface area is 79.2 Å². The second-order valence-electron chi connectivity index (χ2n) is 3.27. The summed E-state index contributed by atoms with van der Waals surface area (Å²) in [5.41, 5.74) is 0. The maximum atomic E-state index is 10.8. The van der Waals surface area contributed by atoms with Crippen LogP contribution in [0, 0.1) is 0 Å². The van der Waals surface area contributed by atoms with Crippen LogP contribution in [0.3, 0.4) is 0 Å². The van der Waals surface area contributed by atoms with E-state index in [1.165, 1.54) is 0 Å². The summed E-state index contributed by atoms with van der Waals surface area (Å²) in [6.45, 7) is -0.433. The van der Waals surface area contributed by atoms with E-state index in [0.717, 1.165) is 0 Å². The number of nitrogens with one attached hydrogen (secondary N) is 1. The van der Waals surface area contributed by atoms with Gasteiger partial charge in [-0.15, -0.1) is 0 Å². The molecular weight excluding hydrogens is 194 g/mol. The van der Waals surface area contributed by atoms with Gasteiger partial charge in [-0.05, 0) is 0 Å². The van der Waals surface area contributed by atoms with Gasteiger partial charge in [0.05, 0.1) is 6.61 Å². The molecule has 7 heteroatoms. The van der Waals surface area contributed by atoms with Crippen molar-refractivity contribution in [2.45, 2.75) is 30.6 Å². The molecule has 80 valence electrons. The summed E-state index contributed by atoms with van der Waals surface area (Å²) in [5.74, 6) is 0. The first kappa shape index (κ1) is 9.66. The molecular formula is C7H11NO6. The standard InChI is InChI=1S/C7H11NO6/c9-1-2-3(10)4(11)5-6(13-2)8-7(12)14-5/h2-6,9-11H,1H2,(H,8,12)/t2-,3+,4-,5+,6-/m1/s1. The minimum absolute atomic E-state index is 0.433. The Hall–Kier alpha value is -0.890. The Morgan fingerprint density at radius 3 is 2.71 bits per heavy atom. The molecule has 2 heterocycles. The van der Waals surface area contributed by atoms with Crippen LogP contribution in [0.2, 0.25) is 0 Å². The molecule has 5 atom stereocenters. The lowest BCUT2D eigenvalue weighted by Crippen LogP contribution is -2.59. The normalized spacial score (nSPS) is 46.8. The third-order valence-corrected chi connectivity index (χ3v) is 2.37.